The molecule has 0 aliphatic rings. The van der Waals surface area contributed by atoms with E-state index in [1.165, 1.54) is 11.1 Å². The second-order valence-corrected chi connectivity index (χ2v) is 6.39. The maximum absolute atomic E-state index is 12.5. The van der Waals surface area contributed by atoms with Gasteiger partial charge in [0.15, 0.2) is 6.10 Å². The van der Waals surface area contributed by atoms with Gasteiger partial charge in [0.25, 0.3) is 5.91 Å². The Morgan fingerprint density at radius 1 is 1.08 bits per heavy atom. The molecule has 0 bridgehead atoms. The Bertz CT molecular complexity index is 709. The van der Waals surface area contributed by atoms with Crippen molar-refractivity contribution in [3.8, 4) is 5.75 Å². The van der Waals surface area contributed by atoms with Gasteiger partial charge in [-0.3, -0.25) is 4.79 Å². The van der Waals surface area contributed by atoms with E-state index in [0.29, 0.717) is 0 Å². The molecule has 128 valence electrons. The number of rotatable bonds is 6. The second kappa shape index (κ2) is 8.00. The molecule has 0 fully saturated rings. The van der Waals surface area contributed by atoms with Crippen LogP contribution in [0.25, 0.3) is 0 Å². The highest BCUT2D eigenvalue weighted by molar-refractivity contribution is 5.81. The van der Waals surface area contributed by atoms with Crippen LogP contribution in [0.15, 0.2) is 42.5 Å². The van der Waals surface area contributed by atoms with Crippen molar-refractivity contribution in [3.63, 3.8) is 0 Å². The quantitative estimate of drug-likeness (QED) is 0.840. The van der Waals surface area contributed by atoms with Gasteiger partial charge < -0.3 is 10.1 Å². The summed E-state index contributed by atoms with van der Waals surface area (Å²) in [4.78, 5) is 12.5. The van der Waals surface area contributed by atoms with E-state index in [1.807, 2.05) is 31.2 Å². The Labute approximate surface area is 145 Å². The van der Waals surface area contributed by atoms with Crippen LogP contribution < -0.4 is 10.1 Å². The van der Waals surface area contributed by atoms with Crippen LogP contribution in [-0.4, -0.2) is 12.0 Å². The number of aryl methyl sites for hydroxylation is 3. The van der Waals surface area contributed by atoms with Gasteiger partial charge in [-0.25, -0.2) is 0 Å². The maximum atomic E-state index is 12.5. The Hall–Kier alpha value is -2.29. The van der Waals surface area contributed by atoms with Crippen LogP contribution in [-0.2, 0) is 4.79 Å². The molecule has 1 N–H and O–H groups in total. The number of carbonyl (C=O) groups is 1. The molecule has 2 aromatic carbocycles. The van der Waals surface area contributed by atoms with Crippen molar-refractivity contribution < 1.29 is 9.53 Å². The third-order valence-electron chi connectivity index (χ3n) is 4.33. The molecule has 2 aromatic rings. The zero-order chi connectivity index (χ0) is 17.7. The van der Waals surface area contributed by atoms with E-state index in [4.69, 9.17) is 4.74 Å². The van der Waals surface area contributed by atoms with Gasteiger partial charge in [0, 0.05) is 0 Å². The molecule has 2 atom stereocenters. The molecule has 0 spiro atoms. The van der Waals surface area contributed by atoms with Gasteiger partial charge in [-0.2, -0.15) is 0 Å². The van der Waals surface area contributed by atoms with Crippen molar-refractivity contribution in [1.29, 1.82) is 0 Å². The van der Waals surface area contributed by atoms with Crippen molar-refractivity contribution >= 4 is 5.91 Å². The molecule has 0 saturated heterocycles. The first-order valence-corrected chi connectivity index (χ1v) is 8.51. The number of hydrogen-bond donors (Lipinski definition) is 1. The summed E-state index contributed by atoms with van der Waals surface area (Å²) in [6.45, 7) is 10.1. The molecule has 24 heavy (non-hydrogen) atoms. The number of ether oxygens (including phenoxy) is 1. The predicted octanol–water partition coefficient (Wildman–Crippen LogP) is 4.65. The predicted molar refractivity (Wildman–Crippen MR) is 98.4 cm³/mol. The lowest BCUT2D eigenvalue weighted by atomic mass is 9.99. The molecule has 2 unspecified atom stereocenters. The van der Waals surface area contributed by atoms with E-state index >= 15 is 0 Å². The minimum atomic E-state index is -0.535. The maximum Gasteiger partial charge on any atom is 0.261 e. The van der Waals surface area contributed by atoms with Crippen LogP contribution in [0.3, 0.4) is 0 Å². The summed E-state index contributed by atoms with van der Waals surface area (Å²) in [5.41, 5.74) is 4.75. The molecular formula is C21H27NO2. The first-order valence-electron chi connectivity index (χ1n) is 8.51. The summed E-state index contributed by atoms with van der Waals surface area (Å²) in [6, 6.07) is 14.1. The standard InChI is InChI=1S/C21H27NO2/c1-6-20(18-11-10-15(3)16(4)13-18)22-21(23)17(5)24-19-9-7-8-14(2)12-19/h7-13,17,20H,6H2,1-5H3,(H,22,23). The molecular weight excluding hydrogens is 298 g/mol. The highest BCUT2D eigenvalue weighted by Crippen LogP contribution is 2.20. The molecule has 2 rings (SSSR count). The summed E-state index contributed by atoms with van der Waals surface area (Å²) >= 11 is 0. The van der Waals surface area contributed by atoms with Gasteiger partial charge >= 0.3 is 0 Å². The van der Waals surface area contributed by atoms with E-state index in [0.717, 1.165) is 23.3 Å². The van der Waals surface area contributed by atoms with Gasteiger partial charge in [0.05, 0.1) is 6.04 Å². The molecule has 0 aromatic heterocycles. The third-order valence-corrected chi connectivity index (χ3v) is 4.33. The third kappa shape index (κ3) is 4.60. The van der Waals surface area contributed by atoms with Crippen molar-refractivity contribution in [2.45, 2.75) is 53.2 Å². The lowest BCUT2D eigenvalue weighted by Gasteiger charge is -2.22. The molecule has 0 radical (unpaired) electrons. The van der Waals surface area contributed by atoms with Crippen LogP contribution >= 0.6 is 0 Å². The first kappa shape index (κ1) is 18.1. The van der Waals surface area contributed by atoms with Crippen LogP contribution in [0, 0.1) is 20.8 Å². The van der Waals surface area contributed by atoms with E-state index < -0.39 is 6.10 Å². The average Bonchev–Trinajstić information content (AvgIpc) is 2.55. The Balaban J connectivity index is 2.04. The number of benzene rings is 2. The topological polar surface area (TPSA) is 38.3 Å². The van der Waals surface area contributed by atoms with Crippen molar-refractivity contribution in [1.82, 2.24) is 5.32 Å². The summed E-state index contributed by atoms with van der Waals surface area (Å²) in [5.74, 6) is 0.624. The molecule has 0 aliphatic heterocycles. The van der Waals surface area contributed by atoms with Gasteiger partial charge in [0.1, 0.15) is 5.75 Å². The fourth-order valence-electron chi connectivity index (χ4n) is 2.64. The van der Waals surface area contributed by atoms with Crippen molar-refractivity contribution in [3.05, 3.63) is 64.7 Å². The monoisotopic (exact) mass is 325 g/mol. The van der Waals surface area contributed by atoms with Gasteiger partial charge in [0.2, 0.25) is 0 Å². The lowest BCUT2D eigenvalue weighted by Crippen LogP contribution is -2.38. The smallest absolute Gasteiger partial charge is 0.261 e. The molecule has 3 nitrogen and oxygen atoms in total. The van der Waals surface area contributed by atoms with E-state index in [-0.39, 0.29) is 11.9 Å². The molecule has 1 amide bonds. The second-order valence-electron chi connectivity index (χ2n) is 6.39. The van der Waals surface area contributed by atoms with E-state index in [9.17, 15) is 4.79 Å². The Kier molecular flexibility index (Phi) is 6.02. The first-order chi connectivity index (χ1) is 11.4. The largest absolute Gasteiger partial charge is 0.481 e. The number of amides is 1. The molecule has 0 heterocycles. The minimum Gasteiger partial charge on any atom is -0.481 e. The van der Waals surface area contributed by atoms with Crippen LogP contribution in [0.5, 0.6) is 5.75 Å². The van der Waals surface area contributed by atoms with Gasteiger partial charge in [-0.05, 0) is 68.5 Å². The van der Waals surface area contributed by atoms with E-state index in [1.54, 1.807) is 6.92 Å². The molecule has 3 heteroatoms. The Morgan fingerprint density at radius 2 is 1.83 bits per heavy atom. The van der Waals surface area contributed by atoms with E-state index in [2.05, 4.69) is 44.3 Å². The summed E-state index contributed by atoms with van der Waals surface area (Å²) in [5, 5.41) is 3.10. The average molecular weight is 325 g/mol. The number of nitrogens with one attached hydrogen (secondary N) is 1. The number of carbonyl (C=O) groups excluding carboxylic acids is 1. The fraction of sp³-hybridized carbons (Fsp3) is 0.381. The zero-order valence-corrected chi connectivity index (χ0v) is 15.2. The van der Waals surface area contributed by atoms with Crippen LogP contribution in [0.4, 0.5) is 0 Å². The number of hydrogen-bond acceptors (Lipinski definition) is 2. The molecule has 0 aliphatic carbocycles. The molecule has 0 saturated carbocycles. The SMILES string of the molecule is CCC(NC(=O)C(C)Oc1cccc(C)c1)c1ccc(C)c(C)c1. The highest BCUT2D eigenvalue weighted by atomic mass is 16.5. The minimum absolute atomic E-state index is 0.000333. The van der Waals surface area contributed by atoms with Crippen molar-refractivity contribution in [2.24, 2.45) is 0 Å². The van der Waals surface area contributed by atoms with Gasteiger partial charge in [-0.15, -0.1) is 0 Å². The summed E-state index contributed by atoms with van der Waals surface area (Å²) < 4.78 is 5.77. The van der Waals surface area contributed by atoms with Crippen LogP contribution in [0.2, 0.25) is 0 Å². The highest BCUT2D eigenvalue weighted by Gasteiger charge is 2.19. The van der Waals surface area contributed by atoms with Crippen molar-refractivity contribution in [2.75, 3.05) is 0 Å². The normalized spacial score (nSPS) is 13.2. The fourth-order valence-corrected chi connectivity index (χ4v) is 2.64. The van der Waals surface area contributed by atoms with Gasteiger partial charge in [-0.1, -0.05) is 37.3 Å². The lowest BCUT2D eigenvalue weighted by molar-refractivity contribution is -0.128. The summed E-state index contributed by atoms with van der Waals surface area (Å²) in [7, 11) is 0. The zero-order valence-electron chi connectivity index (χ0n) is 15.2. The Morgan fingerprint density at radius 3 is 2.46 bits per heavy atom. The summed E-state index contributed by atoms with van der Waals surface area (Å²) in [6.07, 6.45) is 0.304. The van der Waals surface area contributed by atoms with Crippen LogP contribution in [0.1, 0.15) is 48.6 Å².